The topological polar surface area (TPSA) is 242 Å². The summed E-state index contributed by atoms with van der Waals surface area (Å²) in [5.74, 6) is -6.41. The number of esters is 5. The summed E-state index contributed by atoms with van der Waals surface area (Å²) in [5.41, 5.74) is 0. The Hall–Kier alpha value is -2.89. The molecule has 1 heterocycles. The van der Waals surface area contributed by atoms with E-state index in [1.165, 1.54) is 0 Å². The highest BCUT2D eigenvalue weighted by Crippen LogP contribution is 2.31. The van der Waals surface area contributed by atoms with Crippen LogP contribution in [0.25, 0.3) is 0 Å². The third-order valence-electron chi connectivity index (χ3n) is 4.68. The summed E-state index contributed by atoms with van der Waals surface area (Å²) in [6, 6.07) is 0. The van der Waals surface area contributed by atoms with Gasteiger partial charge in [-0.1, -0.05) is 0 Å². The van der Waals surface area contributed by atoms with E-state index in [4.69, 9.17) is 28.4 Å². The fourth-order valence-electron chi connectivity index (χ4n) is 2.70. The van der Waals surface area contributed by atoms with Gasteiger partial charge in [0.1, 0.15) is 43.2 Å². The second-order valence-corrected chi connectivity index (χ2v) is 8.19. The van der Waals surface area contributed by atoms with E-state index in [1.54, 1.807) is 0 Å². The molecule has 0 spiro atoms. The van der Waals surface area contributed by atoms with E-state index >= 15 is 0 Å². The van der Waals surface area contributed by atoms with Crippen molar-refractivity contribution in [3.8, 4) is 0 Å². The summed E-state index contributed by atoms with van der Waals surface area (Å²) in [5, 5.41) is 47.7. The molecule has 0 aromatic rings. The maximum atomic E-state index is 12.3. The highest BCUT2D eigenvalue weighted by Gasteiger charge is 2.55. The van der Waals surface area contributed by atoms with Crippen molar-refractivity contribution in [3.05, 3.63) is 0 Å². The molecule has 1 saturated heterocycles. The van der Waals surface area contributed by atoms with E-state index in [9.17, 15) is 49.5 Å². The van der Waals surface area contributed by atoms with Gasteiger partial charge in [-0.25, -0.2) is 24.0 Å². The van der Waals surface area contributed by atoms with Gasteiger partial charge in [0, 0.05) is 0 Å². The Morgan fingerprint density at radius 1 is 0.568 bits per heavy atom. The Kier molecular flexibility index (Phi) is 12.3. The normalized spacial score (nSPS) is 27.5. The summed E-state index contributed by atoms with van der Waals surface area (Å²) < 4.78 is 30.8. The van der Waals surface area contributed by atoms with Crippen LogP contribution in [0.15, 0.2) is 0 Å². The predicted molar refractivity (Wildman–Crippen MR) is 114 cm³/mol. The standard InChI is InChI=1S/C21H32O16/c1-7(22)16(27)32-6-12-13(34-17(28)8(2)23)14(35-18(29)9(3)24)15(36-19(30)10(4)25)21(33-12)37-20(31)11(5)26/h7-15,21-26H,6H2,1-5H3/t7?,8?,9?,10?,11?,12?,13-,14?,15?,21+/m1/s1. The van der Waals surface area contributed by atoms with Gasteiger partial charge in [-0.05, 0) is 34.6 Å². The van der Waals surface area contributed by atoms with Crippen molar-refractivity contribution in [1.29, 1.82) is 0 Å². The van der Waals surface area contributed by atoms with Crippen LogP contribution in [0.3, 0.4) is 0 Å². The van der Waals surface area contributed by atoms with Crippen LogP contribution in [0, 0.1) is 0 Å². The third kappa shape index (κ3) is 9.49. The molecule has 0 aromatic carbocycles. The molecule has 1 rings (SSSR count). The minimum Gasteiger partial charge on any atom is -0.461 e. The number of carbonyl (C=O) groups is 5. The zero-order valence-corrected chi connectivity index (χ0v) is 20.7. The van der Waals surface area contributed by atoms with Crippen LogP contribution in [-0.2, 0) is 52.4 Å². The van der Waals surface area contributed by atoms with Crippen molar-refractivity contribution < 1.29 is 77.9 Å². The molecule has 1 aliphatic heterocycles. The van der Waals surface area contributed by atoms with E-state index < -0.39 is 97.7 Å². The van der Waals surface area contributed by atoms with Crippen LogP contribution in [0.5, 0.6) is 0 Å². The molecule has 0 aliphatic carbocycles. The number of aliphatic hydroxyl groups excluding tert-OH is 5. The molecule has 0 bridgehead atoms. The highest BCUT2D eigenvalue weighted by atomic mass is 16.8. The molecule has 212 valence electrons. The molecule has 0 aromatic heterocycles. The first-order valence-corrected chi connectivity index (χ1v) is 11.1. The Bertz CT molecular complexity index is 819. The quantitative estimate of drug-likeness (QED) is 0.126. The van der Waals surface area contributed by atoms with Crippen LogP contribution in [0.4, 0.5) is 0 Å². The van der Waals surface area contributed by atoms with Crippen molar-refractivity contribution in [1.82, 2.24) is 0 Å². The van der Waals surface area contributed by atoms with Gasteiger partial charge in [-0.2, -0.15) is 0 Å². The lowest BCUT2D eigenvalue weighted by molar-refractivity contribution is -0.305. The number of aliphatic hydroxyl groups is 5. The monoisotopic (exact) mass is 540 g/mol. The van der Waals surface area contributed by atoms with Crippen molar-refractivity contribution >= 4 is 29.8 Å². The van der Waals surface area contributed by atoms with Crippen molar-refractivity contribution in [2.75, 3.05) is 6.61 Å². The van der Waals surface area contributed by atoms with Gasteiger partial charge in [0.15, 0.2) is 12.2 Å². The smallest absolute Gasteiger partial charge is 0.337 e. The molecule has 1 aliphatic rings. The predicted octanol–water partition coefficient (Wildman–Crippen LogP) is -3.56. The van der Waals surface area contributed by atoms with Gasteiger partial charge in [-0.15, -0.1) is 0 Å². The zero-order valence-electron chi connectivity index (χ0n) is 20.7. The lowest BCUT2D eigenvalue weighted by Crippen LogP contribution is -2.64. The molecule has 0 amide bonds. The van der Waals surface area contributed by atoms with Crippen LogP contribution in [-0.4, -0.2) is 123 Å². The number of rotatable bonds is 11. The number of ether oxygens (including phenoxy) is 6. The lowest BCUT2D eigenvalue weighted by Gasteiger charge is -2.44. The van der Waals surface area contributed by atoms with E-state index in [-0.39, 0.29) is 0 Å². The van der Waals surface area contributed by atoms with Gasteiger partial charge in [0.2, 0.25) is 12.4 Å². The molecule has 8 unspecified atom stereocenters. The maximum Gasteiger partial charge on any atom is 0.337 e. The maximum absolute atomic E-state index is 12.3. The van der Waals surface area contributed by atoms with E-state index in [2.05, 4.69) is 0 Å². The van der Waals surface area contributed by atoms with Crippen molar-refractivity contribution in [2.24, 2.45) is 0 Å². The second-order valence-electron chi connectivity index (χ2n) is 8.19. The van der Waals surface area contributed by atoms with Gasteiger partial charge in [0.05, 0.1) is 0 Å². The minimum absolute atomic E-state index is 0.815. The van der Waals surface area contributed by atoms with Crippen LogP contribution < -0.4 is 0 Å². The first-order valence-electron chi connectivity index (χ1n) is 11.1. The number of hydrogen-bond acceptors (Lipinski definition) is 16. The molecule has 10 atom stereocenters. The molecule has 16 nitrogen and oxygen atoms in total. The largest absolute Gasteiger partial charge is 0.461 e. The van der Waals surface area contributed by atoms with Gasteiger partial charge in [0.25, 0.3) is 0 Å². The average Bonchev–Trinajstić information content (AvgIpc) is 2.80. The Morgan fingerprint density at radius 2 is 0.919 bits per heavy atom. The van der Waals surface area contributed by atoms with Crippen LogP contribution in [0.2, 0.25) is 0 Å². The Balaban J connectivity index is 3.59. The number of carbonyl (C=O) groups excluding carboxylic acids is 5. The first-order chi connectivity index (χ1) is 17.1. The highest BCUT2D eigenvalue weighted by molar-refractivity contribution is 5.77. The molecular weight excluding hydrogens is 508 g/mol. The van der Waals surface area contributed by atoms with Crippen LogP contribution in [0.1, 0.15) is 34.6 Å². The molecule has 5 N–H and O–H groups in total. The molecule has 1 fully saturated rings. The molecule has 0 saturated carbocycles. The van der Waals surface area contributed by atoms with Crippen LogP contribution >= 0.6 is 0 Å². The van der Waals surface area contributed by atoms with Crippen molar-refractivity contribution in [3.63, 3.8) is 0 Å². The van der Waals surface area contributed by atoms with E-state index in [0.29, 0.717) is 0 Å². The van der Waals surface area contributed by atoms with E-state index in [1.807, 2.05) is 0 Å². The molecular formula is C21H32O16. The summed E-state index contributed by atoms with van der Waals surface area (Å²) >= 11 is 0. The summed E-state index contributed by atoms with van der Waals surface area (Å²) in [6.45, 7) is 4.36. The third-order valence-corrected chi connectivity index (χ3v) is 4.68. The summed E-state index contributed by atoms with van der Waals surface area (Å²) in [7, 11) is 0. The summed E-state index contributed by atoms with van der Waals surface area (Å²) in [6.07, 6.45) is -17.9. The Morgan fingerprint density at radius 3 is 1.32 bits per heavy atom. The van der Waals surface area contributed by atoms with Gasteiger partial charge in [-0.3, -0.25) is 0 Å². The average molecular weight is 540 g/mol. The fourth-order valence-corrected chi connectivity index (χ4v) is 2.70. The molecule has 16 heteroatoms. The number of hydrogen-bond donors (Lipinski definition) is 5. The Labute approximate surface area is 210 Å². The summed E-state index contributed by atoms with van der Waals surface area (Å²) in [4.78, 5) is 60.6. The lowest BCUT2D eigenvalue weighted by atomic mass is 9.97. The fraction of sp³-hybridized carbons (Fsp3) is 0.762. The molecule has 37 heavy (non-hydrogen) atoms. The van der Waals surface area contributed by atoms with Crippen molar-refractivity contribution in [2.45, 2.75) is 95.8 Å². The second kappa shape index (κ2) is 14.2. The first kappa shape index (κ1) is 32.1. The van der Waals surface area contributed by atoms with Gasteiger partial charge < -0.3 is 54.0 Å². The SMILES string of the molecule is CC(O)C(=O)OCC1O[C@@H](OC(=O)C(C)O)C(OC(=O)C(C)O)C(OC(=O)C(C)O)[C@@H]1OC(=O)C(C)O. The van der Waals surface area contributed by atoms with E-state index in [0.717, 1.165) is 34.6 Å². The zero-order chi connectivity index (χ0) is 28.6. The molecule has 0 radical (unpaired) electrons. The minimum atomic E-state index is -2.01. The van der Waals surface area contributed by atoms with Gasteiger partial charge >= 0.3 is 29.8 Å².